The van der Waals surface area contributed by atoms with Gasteiger partial charge in [-0.25, -0.2) is 4.79 Å². The van der Waals surface area contributed by atoms with Crippen LogP contribution in [0.25, 0.3) is 0 Å². The van der Waals surface area contributed by atoms with Crippen LogP contribution in [-0.2, 0) is 20.9 Å². The molecule has 1 aliphatic heterocycles. The Morgan fingerprint density at radius 2 is 1.96 bits per heavy atom. The number of carbonyl (C=O) groups is 3. The Kier molecular flexibility index (Phi) is 5.56. The summed E-state index contributed by atoms with van der Waals surface area (Å²) in [5.41, 5.74) is 0.861. The molecule has 2 N–H and O–H groups in total. The van der Waals surface area contributed by atoms with Gasteiger partial charge >= 0.3 is 12.1 Å². The minimum atomic E-state index is -0.972. The van der Waals surface area contributed by atoms with E-state index in [-0.39, 0.29) is 25.5 Å². The normalized spacial score (nSPS) is 20.7. The standard InChI is InChI=1S/C16H20N2O5/c1-11(19)18-8-13(15(20)21)7-14(9-18)17-16(22)23-10-12-5-3-2-4-6-12/h2-6,13-14H,7-10H2,1H3,(H,17,22)(H,20,21). The van der Waals surface area contributed by atoms with Crippen molar-refractivity contribution in [2.45, 2.75) is 26.0 Å². The number of nitrogens with one attached hydrogen (secondary N) is 1. The van der Waals surface area contributed by atoms with Crippen molar-refractivity contribution >= 4 is 18.0 Å². The number of ether oxygens (including phenoxy) is 1. The third-order valence-corrected chi connectivity index (χ3v) is 3.78. The predicted octanol–water partition coefficient (Wildman–Crippen LogP) is 1.23. The third kappa shape index (κ3) is 4.98. The zero-order valence-electron chi connectivity index (χ0n) is 12.9. The first-order chi connectivity index (χ1) is 11.0. The molecule has 0 aliphatic carbocycles. The van der Waals surface area contributed by atoms with Crippen molar-refractivity contribution in [3.63, 3.8) is 0 Å². The van der Waals surface area contributed by atoms with Gasteiger partial charge in [0.1, 0.15) is 6.61 Å². The molecule has 1 fully saturated rings. The summed E-state index contributed by atoms with van der Waals surface area (Å²) in [4.78, 5) is 36.0. The monoisotopic (exact) mass is 320 g/mol. The highest BCUT2D eigenvalue weighted by atomic mass is 16.5. The first-order valence-electron chi connectivity index (χ1n) is 7.41. The van der Waals surface area contributed by atoms with E-state index in [4.69, 9.17) is 9.84 Å². The van der Waals surface area contributed by atoms with Gasteiger partial charge in [-0.2, -0.15) is 0 Å². The van der Waals surface area contributed by atoms with Gasteiger partial charge in [0.2, 0.25) is 5.91 Å². The second-order valence-corrected chi connectivity index (χ2v) is 5.60. The van der Waals surface area contributed by atoms with Crippen molar-refractivity contribution in [1.29, 1.82) is 0 Å². The SMILES string of the molecule is CC(=O)N1CC(NC(=O)OCc2ccccc2)CC(C(=O)O)C1. The van der Waals surface area contributed by atoms with Crippen molar-refractivity contribution in [3.05, 3.63) is 35.9 Å². The van der Waals surface area contributed by atoms with Gasteiger partial charge in [0.15, 0.2) is 0 Å². The number of carboxylic acids is 1. The Morgan fingerprint density at radius 1 is 1.26 bits per heavy atom. The Bertz CT molecular complexity index is 553. The van der Waals surface area contributed by atoms with Gasteiger partial charge in [-0.3, -0.25) is 9.59 Å². The maximum Gasteiger partial charge on any atom is 0.407 e. The predicted molar refractivity (Wildman–Crippen MR) is 81.5 cm³/mol. The molecule has 2 unspecified atom stereocenters. The number of aliphatic carboxylic acids is 1. The van der Waals surface area contributed by atoms with Crippen LogP contribution in [0.15, 0.2) is 30.3 Å². The van der Waals surface area contributed by atoms with Crippen LogP contribution in [0.4, 0.5) is 4.79 Å². The van der Waals surface area contributed by atoms with Crippen LogP contribution in [0.3, 0.4) is 0 Å². The van der Waals surface area contributed by atoms with Gasteiger partial charge in [-0.1, -0.05) is 30.3 Å². The lowest BCUT2D eigenvalue weighted by Crippen LogP contribution is -2.53. The van der Waals surface area contributed by atoms with Crippen LogP contribution in [-0.4, -0.2) is 47.1 Å². The van der Waals surface area contributed by atoms with Gasteiger partial charge in [0.25, 0.3) is 0 Å². The van der Waals surface area contributed by atoms with Gasteiger partial charge in [0.05, 0.1) is 12.0 Å². The van der Waals surface area contributed by atoms with E-state index >= 15 is 0 Å². The van der Waals surface area contributed by atoms with E-state index in [1.54, 1.807) is 0 Å². The van der Waals surface area contributed by atoms with E-state index in [2.05, 4.69) is 5.32 Å². The van der Waals surface area contributed by atoms with Gasteiger partial charge in [0, 0.05) is 20.0 Å². The van der Waals surface area contributed by atoms with E-state index < -0.39 is 24.0 Å². The topological polar surface area (TPSA) is 95.9 Å². The summed E-state index contributed by atoms with van der Waals surface area (Å²) >= 11 is 0. The zero-order valence-corrected chi connectivity index (χ0v) is 12.9. The molecule has 0 aromatic heterocycles. The number of alkyl carbamates (subject to hydrolysis) is 1. The summed E-state index contributed by atoms with van der Waals surface area (Å²) in [5.74, 6) is -1.87. The third-order valence-electron chi connectivity index (χ3n) is 3.78. The van der Waals surface area contributed by atoms with Crippen LogP contribution in [0.1, 0.15) is 18.9 Å². The molecule has 0 bridgehead atoms. The van der Waals surface area contributed by atoms with E-state index in [1.807, 2.05) is 30.3 Å². The first kappa shape index (κ1) is 16.8. The molecule has 1 aromatic rings. The van der Waals surface area contributed by atoms with Crippen molar-refractivity contribution in [3.8, 4) is 0 Å². The molecule has 7 nitrogen and oxygen atoms in total. The number of piperidine rings is 1. The van der Waals surface area contributed by atoms with Crippen molar-refractivity contribution < 1.29 is 24.2 Å². The second kappa shape index (κ2) is 7.62. The van der Waals surface area contributed by atoms with Gasteiger partial charge in [-0.15, -0.1) is 0 Å². The number of rotatable bonds is 4. The first-order valence-corrected chi connectivity index (χ1v) is 7.41. The molecule has 0 saturated carbocycles. The fourth-order valence-corrected chi connectivity index (χ4v) is 2.57. The highest BCUT2D eigenvalue weighted by Gasteiger charge is 2.33. The molecule has 1 aromatic carbocycles. The van der Waals surface area contributed by atoms with Crippen LogP contribution < -0.4 is 5.32 Å². The Labute approximate surface area is 134 Å². The van der Waals surface area contributed by atoms with E-state index in [0.717, 1.165) is 5.56 Å². The Balaban J connectivity index is 1.88. The fraction of sp³-hybridized carbons (Fsp3) is 0.438. The summed E-state index contributed by atoms with van der Waals surface area (Å²) in [6.45, 7) is 1.98. The highest BCUT2D eigenvalue weighted by molar-refractivity contribution is 5.76. The lowest BCUT2D eigenvalue weighted by molar-refractivity contribution is -0.145. The highest BCUT2D eigenvalue weighted by Crippen LogP contribution is 2.17. The number of likely N-dealkylation sites (tertiary alicyclic amines) is 1. The average Bonchev–Trinajstić information content (AvgIpc) is 2.53. The van der Waals surface area contributed by atoms with Crippen LogP contribution >= 0.6 is 0 Å². The molecular formula is C16H20N2O5. The number of benzene rings is 1. The number of carboxylic acid groups (broad SMARTS) is 1. The van der Waals surface area contributed by atoms with Gasteiger partial charge < -0.3 is 20.1 Å². The van der Waals surface area contributed by atoms with Crippen LogP contribution in [0.5, 0.6) is 0 Å². The second-order valence-electron chi connectivity index (χ2n) is 5.60. The smallest absolute Gasteiger partial charge is 0.407 e. The number of carbonyl (C=O) groups excluding carboxylic acids is 2. The zero-order chi connectivity index (χ0) is 16.8. The molecule has 124 valence electrons. The van der Waals surface area contributed by atoms with E-state index in [0.29, 0.717) is 6.54 Å². The van der Waals surface area contributed by atoms with Crippen LogP contribution in [0, 0.1) is 5.92 Å². The molecule has 7 heteroatoms. The van der Waals surface area contributed by atoms with Crippen molar-refractivity contribution in [1.82, 2.24) is 10.2 Å². The molecule has 2 rings (SSSR count). The average molecular weight is 320 g/mol. The minimum absolute atomic E-state index is 0.137. The number of amides is 2. The molecule has 0 spiro atoms. The van der Waals surface area contributed by atoms with Gasteiger partial charge in [-0.05, 0) is 12.0 Å². The molecule has 0 radical (unpaired) electrons. The van der Waals surface area contributed by atoms with Crippen LogP contribution in [0.2, 0.25) is 0 Å². The Hall–Kier alpha value is -2.57. The summed E-state index contributed by atoms with van der Waals surface area (Å²) in [6.07, 6.45) is -0.340. The molecule has 1 heterocycles. The fourth-order valence-electron chi connectivity index (χ4n) is 2.57. The molecular weight excluding hydrogens is 300 g/mol. The molecule has 2 amide bonds. The summed E-state index contributed by atoms with van der Waals surface area (Å²) in [5, 5.41) is 11.8. The maximum absolute atomic E-state index is 11.9. The minimum Gasteiger partial charge on any atom is -0.481 e. The van der Waals surface area contributed by atoms with Crippen molar-refractivity contribution in [2.75, 3.05) is 13.1 Å². The molecule has 2 atom stereocenters. The number of hydrogen-bond donors (Lipinski definition) is 2. The summed E-state index contributed by atoms with van der Waals surface area (Å²) in [6, 6.07) is 8.81. The largest absolute Gasteiger partial charge is 0.481 e. The van der Waals surface area contributed by atoms with E-state index in [9.17, 15) is 14.4 Å². The van der Waals surface area contributed by atoms with E-state index in [1.165, 1.54) is 11.8 Å². The lowest BCUT2D eigenvalue weighted by atomic mass is 9.94. The summed E-state index contributed by atoms with van der Waals surface area (Å²) in [7, 11) is 0. The summed E-state index contributed by atoms with van der Waals surface area (Å²) < 4.78 is 5.12. The Morgan fingerprint density at radius 3 is 2.57 bits per heavy atom. The van der Waals surface area contributed by atoms with Crippen molar-refractivity contribution in [2.24, 2.45) is 5.92 Å². The molecule has 1 aliphatic rings. The lowest BCUT2D eigenvalue weighted by Gasteiger charge is -2.35. The quantitative estimate of drug-likeness (QED) is 0.870. The number of hydrogen-bond acceptors (Lipinski definition) is 4. The molecule has 23 heavy (non-hydrogen) atoms. The maximum atomic E-state index is 11.9. The number of nitrogens with zero attached hydrogens (tertiary/aromatic N) is 1. The molecule has 1 saturated heterocycles.